The number of carbonyl (C=O) groups excluding carboxylic acids is 2. The Labute approximate surface area is 245 Å². The highest BCUT2D eigenvalue weighted by atomic mass is 19.4. The fourth-order valence-corrected chi connectivity index (χ4v) is 6.26. The summed E-state index contributed by atoms with van der Waals surface area (Å²) in [6.45, 7) is 10.8. The maximum Gasteiger partial charge on any atom is 0.395 e. The van der Waals surface area contributed by atoms with Gasteiger partial charge in [-0.2, -0.15) is 13.2 Å². The normalized spacial score (nSPS) is 21.5. The molecule has 0 unspecified atom stereocenters. The third-order valence-corrected chi connectivity index (χ3v) is 9.36. The number of amides is 2. The Morgan fingerprint density at radius 3 is 2.36 bits per heavy atom. The molecule has 0 spiro atoms. The molecule has 1 aromatic rings. The second kappa shape index (κ2) is 13.7. The molecule has 0 aromatic heterocycles. The molecule has 2 saturated heterocycles. The van der Waals surface area contributed by atoms with Crippen LogP contribution in [0.4, 0.5) is 17.6 Å². The number of piperidine rings is 2. The van der Waals surface area contributed by atoms with E-state index in [0.29, 0.717) is 80.7 Å². The minimum Gasteiger partial charge on any atom is -0.376 e. The van der Waals surface area contributed by atoms with E-state index in [0.717, 1.165) is 19.3 Å². The fraction of sp³-hybridized carbons (Fsp3) is 0.625. The standard InChI is InChI=1S/C32H43F4N3O3/c1-22(6-7-23(2)30(41)39-14-3-5-26(18-39)29(37)40)25-8-9-27(28(33)17-25)20-42-19-24-10-15-38(16-11-24)21-31(12-4-13-31)32(34,35)36/h8-9,17,24,26H,1-7,10-16,18-21H2,(H2,37,40)/t26-/m1/s1. The van der Waals surface area contributed by atoms with Crippen molar-refractivity contribution >= 4 is 17.4 Å². The van der Waals surface area contributed by atoms with Crippen LogP contribution in [0.2, 0.25) is 0 Å². The lowest BCUT2D eigenvalue weighted by molar-refractivity contribution is -0.256. The molecule has 1 atom stereocenters. The van der Waals surface area contributed by atoms with Crippen molar-refractivity contribution in [3.05, 3.63) is 53.9 Å². The molecular weight excluding hydrogens is 550 g/mol. The number of carbonyl (C=O) groups is 2. The van der Waals surface area contributed by atoms with Gasteiger partial charge in [0.25, 0.3) is 0 Å². The van der Waals surface area contributed by atoms with Gasteiger partial charge in [-0.15, -0.1) is 0 Å². The molecule has 2 N–H and O–H groups in total. The van der Waals surface area contributed by atoms with Crippen molar-refractivity contribution < 1.29 is 31.9 Å². The van der Waals surface area contributed by atoms with Crippen molar-refractivity contribution in [3.63, 3.8) is 0 Å². The first-order chi connectivity index (χ1) is 19.9. The molecule has 0 radical (unpaired) electrons. The van der Waals surface area contributed by atoms with E-state index >= 15 is 0 Å². The number of nitrogens with two attached hydrogens (primary N) is 1. The third-order valence-electron chi connectivity index (χ3n) is 9.36. The van der Waals surface area contributed by atoms with E-state index in [4.69, 9.17) is 10.5 Å². The lowest BCUT2D eigenvalue weighted by Gasteiger charge is -2.47. The quantitative estimate of drug-likeness (QED) is 0.243. The maximum atomic E-state index is 14.9. The van der Waals surface area contributed by atoms with Crippen molar-refractivity contribution in [2.24, 2.45) is 23.0 Å². The summed E-state index contributed by atoms with van der Waals surface area (Å²) in [4.78, 5) is 27.9. The van der Waals surface area contributed by atoms with E-state index in [-0.39, 0.29) is 43.7 Å². The van der Waals surface area contributed by atoms with Gasteiger partial charge >= 0.3 is 6.18 Å². The van der Waals surface area contributed by atoms with Gasteiger partial charge in [0, 0.05) is 37.4 Å². The Hall–Kier alpha value is -2.72. The number of primary amides is 1. The summed E-state index contributed by atoms with van der Waals surface area (Å²) < 4.78 is 61.2. The molecule has 6 nitrogen and oxygen atoms in total. The Bertz CT molecular complexity index is 1160. The average molecular weight is 594 g/mol. The predicted octanol–water partition coefficient (Wildman–Crippen LogP) is 5.86. The number of alkyl halides is 3. The van der Waals surface area contributed by atoms with E-state index in [2.05, 4.69) is 13.2 Å². The minimum atomic E-state index is -4.14. The zero-order valence-electron chi connectivity index (χ0n) is 24.3. The molecule has 3 fully saturated rings. The average Bonchev–Trinajstić information content (AvgIpc) is 2.94. The van der Waals surface area contributed by atoms with E-state index in [1.165, 1.54) is 6.07 Å². The van der Waals surface area contributed by atoms with Gasteiger partial charge < -0.3 is 20.3 Å². The van der Waals surface area contributed by atoms with Crippen LogP contribution in [0.25, 0.3) is 5.57 Å². The fourth-order valence-electron chi connectivity index (χ4n) is 6.26. The summed E-state index contributed by atoms with van der Waals surface area (Å²) >= 11 is 0. The molecule has 4 rings (SSSR count). The van der Waals surface area contributed by atoms with Crippen LogP contribution in [0, 0.1) is 23.1 Å². The first kappa shape index (κ1) is 32.2. The molecule has 1 aromatic carbocycles. The molecule has 10 heteroatoms. The zero-order chi connectivity index (χ0) is 30.5. The minimum absolute atomic E-state index is 0.0904. The first-order valence-corrected chi connectivity index (χ1v) is 15.0. The van der Waals surface area contributed by atoms with Gasteiger partial charge in [0.2, 0.25) is 11.8 Å². The van der Waals surface area contributed by atoms with Crippen LogP contribution in [0.3, 0.4) is 0 Å². The summed E-state index contributed by atoms with van der Waals surface area (Å²) in [6, 6.07) is 4.88. The Morgan fingerprint density at radius 2 is 1.76 bits per heavy atom. The monoisotopic (exact) mass is 593 g/mol. The molecular formula is C32H43F4N3O3. The van der Waals surface area contributed by atoms with Crippen LogP contribution in [0.15, 0.2) is 36.9 Å². The van der Waals surface area contributed by atoms with Crippen LogP contribution in [0.1, 0.15) is 68.9 Å². The largest absolute Gasteiger partial charge is 0.395 e. The van der Waals surface area contributed by atoms with Crippen LogP contribution < -0.4 is 5.73 Å². The Morgan fingerprint density at radius 1 is 1.05 bits per heavy atom. The lowest BCUT2D eigenvalue weighted by Crippen LogP contribution is -2.53. The summed E-state index contributed by atoms with van der Waals surface area (Å²) in [5.41, 5.74) is 6.05. The smallest absolute Gasteiger partial charge is 0.376 e. The zero-order valence-corrected chi connectivity index (χ0v) is 24.3. The van der Waals surface area contributed by atoms with Crippen LogP contribution in [-0.2, 0) is 20.9 Å². The summed E-state index contributed by atoms with van der Waals surface area (Å²) in [7, 11) is 0. The summed E-state index contributed by atoms with van der Waals surface area (Å²) in [5, 5.41) is 0. The number of rotatable bonds is 12. The SMILES string of the molecule is C=C(CCC(=C)c1ccc(COCC2CCN(CC3(C(F)(F)F)CCC3)CC2)c(F)c1)C(=O)N1CCC[C@@H](C(N)=O)C1. The number of allylic oxidation sites excluding steroid dienone is 1. The van der Waals surface area contributed by atoms with Crippen LogP contribution in [0.5, 0.6) is 0 Å². The molecule has 42 heavy (non-hydrogen) atoms. The molecule has 2 heterocycles. The molecule has 2 amide bonds. The van der Waals surface area contributed by atoms with Crippen molar-refractivity contribution in [2.75, 3.05) is 39.3 Å². The molecule has 2 aliphatic heterocycles. The number of ether oxygens (including phenoxy) is 1. The Kier molecular flexibility index (Phi) is 10.5. The second-order valence-corrected chi connectivity index (χ2v) is 12.4. The topological polar surface area (TPSA) is 75.9 Å². The number of likely N-dealkylation sites (tertiary alicyclic amines) is 2. The van der Waals surface area contributed by atoms with E-state index in [1.807, 2.05) is 4.90 Å². The van der Waals surface area contributed by atoms with Crippen molar-refractivity contribution in [1.29, 1.82) is 0 Å². The van der Waals surface area contributed by atoms with Gasteiger partial charge in [0.1, 0.15) is 5.82 Å². The van der Waals surface area contributed by atoms with Gasteiger partial charge in [-0.25, -0.2) is 4.39 Å². The van der Waals surface area contributed by atoms with Crippen molar-refractivity contribution in [3.8, 4) is 0 Å². The highest BCUT2D eigenvalue weighted by molar-refractivity contribution is 5.93. The number of hydrogen-bond donors (Lipinski definition) is 1. The van der Waals surface area contributed by atoms with Gasteiger partial charge in [-0.1, -0.05) is 31.7 Å². The lowest BCUT2D eigenvalue weighted by atomic mass is 9.67. The predicted molar refractivity (Wildman–Crippen MR) is 153 cm³/mol. The van der Waals surface area contributed by atoms with E-state index in [1.54, 1.807) is 17.0 Å². The number of hydrogen-bond acceptors (Lipinski definition) is 4. The number of benzene rings is 1. The summed E-state index contributed by atoms with van der Waals surface area (Å²) in [5.74, 6) is -1.08. The van der Waals surface area contributed by atoms with Crippen molar-refractivity contribution in [1.82, 2.24) is 9.80 Å². The van der Waals surface area contributed by atoms with Gasteiger partial charge in [0.05, 0.1) is 17.9 Å². The molecule has 232 valence electrons. The molecule has 0 bridgehead atoms. The third kappa shape index (κ3) is 7.81. The first-order valence-electron chi connectivity index (χ1n) is 15.0. The number of nitrogens with zero attached hydrogens (tertiary/aromatic N) is 2. The number of halogens is 4. The van der Waals surface area contributed by atoms with Crippen LogP contribution >= 0.6 is 0 Å². The molecule has 1 saturated carbocycles. The van der Waals surface area contributed by atoms with Gasteiger partial charge in [0.15, 0.2) is 0 Å². The highest BCUT2D eigenvalue weighted by Gasteiger charge is 2.58. The highest BCUT2D eigenvalue weighted by Crippen LogP contribution is 2.53. The van der Waals surface area contributed by atoms with Crippen molar-refractivity contribution in [2.45, 2.75) is 70.6 Å². The van der Waals surface area contributed by atoms with E-state index in [9.17, 15) is 27.2 Å². The van der Waals surface area contributed by atoms with E-state index < -0.39 is 23.3 Å². The summed E-state index contributed by atoms with van der Waals surface area (Å²) in [6.07, 6.45) is 0.716. The maximum absolute atomic E-state index is 14.9. The molecule has 3 aliphatic rings. The van der Waals surface area contributed by atoms with Gasteiger partial charge in [-0.3, -0.25) is 9.59 Å². The molecule has 1 aliphatic carbocycles. The Balaban J connectivity index is 1.17. The van der Waals surface area contributed by atoms with Crippen LogP contribution in [-0.4, -0.2) is 67.1 Å². The second-order valence-electron chi connectivity index (χ2n) is 12.4. The van der Waals surface area contributed by atoms with Gasteiger partial charge in [-0.05, 0) is 87.6 Å².